The molecule has 2 aromatic rings. The van der Waals surface area contributed by atoms with E-state index in [-0.39, 0.29) is 6.04 Å². The Balaban J connectivity index is 2.46. The SMILES string of the molecule is CNC(c1ccc(Cl)cc1C)c1cnnn1C. The number of nitrogens with one attached hydrogen (secondary N) is 1. The molecule has 1 N–H and O–H groups in total. The molecule has 17 heavy (non-hydrogen) atoms. The molecule has 0 spiro atoms. The third kappa shape index (κ3) is 2.33. The Bertz CT molecular complexity index is 521. The Morgan fingerprint density at radius 2 is 2.18 bits per heavy atom. The van der Waals surface area contributed by atoms with Crippen LogP contribution in [0.15, 0.2) is 24.4 Å². The molecule has 0 amide bonds. The van der Waals surface area contributed by atoms with E-state index >= 15 is 0 Å². The molecule has 90 valence electrons. The van der Waals surface area contributed by atoms with Gasteiger partial charge in [-0.25, -0.2) is 0 Å². The second-order valence-corrected chi connectivity index (χ2v) is 4.44. The van der Waals surface area contributed by atoms with Gasteiger partial charge in [-0.3, -0.25) is 4.68 Å². The minimum atomic E-state index is 0.0762. The highest BCUT2D eigenvalue weighted by atomic mass is 35.5. The lowest BCUT2D eigenvalue weighted by Gasteiger charge is -2.18. The highest BCUT2D eigenvalue weighted by Gasteiger charge is 2.17. The molecule has 0 fully saturated rings. The van der Waals surface area contributed by atoms with Crippen LogP contribution >= 0.6 is 11.6 Å². The molecule has 4 nitrogen and oxygen atoms in total. The van der Waals surface area contributed by atoms with E-state index in [0.717, 1.165) is 16.3 Å². The maximum Gasteiger partial charge on any atom is 0.0798 e. The van der Waals surface area contributed by atoms with Gasteiger partial charge in [-0.15, -0.1) is 5.10 Å². The number of rotatable bonds is 3. The standard InChI is InChI=1S/C12H15ClN4/c1-8-6-9(13)4-5-10(8)12(14-2)11-7-15-16-17(11)3/h4-7,12,14H,1-3H3. The summed E-state index contributed by atoms with van der Waals surface area (Å²) in [6.45, 7) is 2.05. The summed E-state index contributed by atoms with van der Waals surface area (Å²) >= 11 is 5.97. The highest BCUT2D eigenvalue weighted by Crippen LogP contribution is 2.25. The van der Waals surface area contributed by atoms with Gasteiger partial charge in [-0.2, -0.15) is 0 Å². The van der Waals surface area contributed by atoms with E-state index in [9.17, 15) is 0 Å². The molecule has 2 rings (SSSR count). The first-order valence-electron chi connectivity index (χ1n) is 5.41. The van der Waals surface area contributed by atoms with Crippen LogP contribution in [0.25, 0.3) is 0 Å². The van der Waals surface area contributed by atoms with Gasteiger partial charge in [0.25, 0.3) is 0 Å². The number of nitrogens with zero attached hydrogens (tertiary/aromatic N) is 3. The predicted octanol–water partition coefficient (Wildman–Crippen LogP) is 2.09. The first-order chi connectivity index (χ1) is 8.13. The minimum absolute atomic E-state index is 0.0762. The van der Waals surface area contributed by atoms with Crippen molar-refractivity contribution in [1.29, 1.82) is 0 Å². The van der Waals surface area contributed by atoms with E-state index in [2.05, 4.69) is 22.6 Å². The van der Waals surface area contributed by atoms with Gasteiger partial charge >= 0.3 is 0 Å². The lowest BCUT2D eigenvalue weighted by Crippen LogP contribution is -2.21. The summed E-state index contributed by atoms with van der Waals surface area (Å²) in [5.41, 5.74) is 3.36. The van der Waals surface area contributed by atoms with Crippen molar-refractivity contribution in [3.8, 4) is 0 Å². The van der Waals surface area contributed by atoms with Crippen molar-refractivity contribution in [2.45, 2.75) is 13.0 Å². The second-order valence-electron chi connectivity index (χ2n) is 4.01. The third-order valence-electron chi connectivity index (χ3n) is 2.88. The van der Waals surface area contributed by atoms with E-state index in [0.29, 0.717) is 0 Å². The fourth-order valence-electron chi connectivity index (χ4n) is 1.98. The zero-order valence-electron chi connectivity index (χ0n) is 10.1. The van der Waals surface area contributed by atoms with E-state index in [4.69, 9.17) is 11.6 Å². The van der Waals surface area contributed by atoms with Crippen LogP contribution in [0.4, 0.5) is 0 Å². The Labute approximate surface area is 106 Å². The van der Waals surface area contributed by atoms with Gasteiger partial charge in [0.05, 0.1) is 17.9 Å². The molecule has 1 aromatic heterocycles. The summed E-state index contributed by atoms with van der Waals surface area (Å²) in [5.74, 6) is 0. The molecule has 5 heteroatoms. The highest BCUT2D eigenvalue weighted by molar-refractivity contribution is 6.30. The van der Waals surface area contributed by atoms with Gasteiger partial charge in [0.15, 0.2) is 0 Å². The van der Waals surface area contributed by atoms with Crippen molar-refractivity contribution in [1.82, 2.24) is 20.3 Å². The third-order valence-corrected chi connectivity index (χ3v) is 3.11. The molecular weight excluding hydrogens is 236 g/mol. The van der Waals surface area contributed by atoms with E-state index in [1.807, 2.05) is 32.3 Å². The summed E-state index contributed by atoms with van der Waals surface area (Å²) in [5, 5.41) is 11.9. The number of aromatic nitrogens is 3. The quantitative estimate of drug-likeness (QED) is 0.907. The molecule has 1 atom stereocenters. The lowest BCUT2D eigenvalue weighted by atomic mass is 9.99. The van der Waals surface area contributed by atoms with Gasteiger partial charge in [0, 0.05) is 12.1 Å². The average Bonchev–Trinajstić information content (AvgIpc) is 2.69. The van der Waals surface area contributed by atoms with Crippen LogP contribution in [0.3, 0.4) is 0 Å². The van der Waals surface area contributed by atoms with Crippen molar-refractivity contribution in [3.63, 3.8) is 0 Å². The van der Waals surface area contributed by atoms with Gasteiger partial charge in [-0.05, 0) is 37.2 Å². The van der Waals surface area contributed by atoms with Crippen LogP contribution in [0, 0.1) is 6.92 Å². The van der Waals surface area contributed by atoms with Crippen LogP contribution in [0.1, 0.15) is 22.9 Å². The average molecular weight is 251 g/mol. The normalized spacial score (nSPS) is 12.7. The molecule has 0 bridgehead atoms. The summed E-state index contributed by atoms with van der Waals surface area (Å²) in [6, 6.07) is 5.97. The van der Waals surface area contributed by atoms with Crippen LogP contribution < -0.4 is 5.32 Å². The molecule has 0 saturated carbocycles. The zero-order chi connectivity index (χ0) is 12.4. The zero-order valence-corrected chi connectivity index (χ0v) is 10.9. The minimum Gasteiger partial charge on any atom is -0.308 e. The number of halogens is 1. The Hall–Kier alpha value is -1.39. The summed E-state index contributed by atoms with van der Waals surface area (Å²) < 4.78 is 1.77. The molecule has 0 aliphatic carbocycles. The Morgan fingerprint density at radius 1 is 1.41 bits per heavy atom. The Kier molecular flexibility index (Phi) is 3.45. The molecular formula is C12H15ClN4. The van der Waals surface area contributed by atoms with Crippen molar-refractivity contribution in [2.24, 2.45) is 7.05 Å². The summed E-state index contributed by atoms with van der Waals surface area (Å²) in [7, 11) is 3.81. The monoisotopic (exact) mass is 250 g/mol. The Morgan fingerprint density at radius 3 is 2.71 bits per heavy atom. The van der Waals surface area contributed by atoms with Crippen LogP contribution in [0.5, 0.6) is 0 Å². The number of aryl methyl sites for hydroxylation is 2. The van der Waals surface area contributed by atoms with Crippen molar-refractivity contribution >= 4 is 11.6 Å². The van der Waals surface area contributed by atoms with Gasteiger partial charge in [0.1, 0.15) is 0 Å². The molecule has 0 saturated heterocycles. The first kappa shape index (κ1) is 12.1. The fourth-order valence-corrected chi connectivity index (χ4v) is 2.21. The molecule has 1 heterocycles. The van der Waals surface area contributed by atoms with Gasteiger partial charge in [-0.1, -0.05) is 22.9 Å². The number of hydrogen-bond donors (Lipinski definition) is 1. The first-order valence-corrected chi connectivity index (χ1v) is 5.79. The topological polar surface area (TPSA) is 42.7 Å². The van der Waals surface area contributed by atoms with E-state index in [1.165, 1.54) is 5.56 Å². The number of benzene rings is 1. The van der Waals surface area contributed by atoms with Crippen molar-refractivity contribution in [3.05, 3.63) is 46.2 Å². The predicted molar refractivity (Wildman–Crippen MR) is 68.1 cm³/mol. The van der Waals surface area contributed by atoms with Crippen LogP contribution in [0.2, 0.25) is 5.02 Å². The van der Waals surface area contributed by atoms with E-state index in [1.54, 1.807) is 10.9 Å². The molecule has 1 unspecified atom stereocenters. The van der Waals surface area contributed by atoms with Crippen LogP contribution in [-0.2, 0) is 7.05 Å². The maximum absolute atomic E-state index is 5.97. The summed E-state index contributed by atoms with van der Waals surface area (Å²) in [4.78, 5) is 0. The molecule has 0 radical (unpaired) electrons. The largest absolute Gasteiger partial charge is 0.308 e. The van der Waals surface area contributed by atoms with E-state index < -0.39 is 0 Å². The van der Waals surface area contributed by atoms with Crippen molar-refractivity contribution in [2.75, 3.05) is 7.05 Å². The molecule has 0 aliphatic heterocycles. The smallest absolute Gasteiger partial charge is 0.0798 e. The number of hydrogen-bond acceptors (Lipinski definition) is 3. The van der Waals surface area contributed by atoms with Gasteiger partial charge in [0.2, 0.25) is 0 Å². The molecule has 0 aliphatic rings. The second kappa shape index (κ2) is 4.85. The lowest BCUT2D eigenvalue weighted by molar-refractivity contribution is 0.596. The fraction of sp³-hybridized carbons (Fsp3) is 0.333. The van der Waals surface area contributed by atoms with Gasteiger partial charge < -0.3 is 5.32 Å². The van der Waals surface area contributed by atoms with Crippen molar-refractivity contribution < 1.29 is 0 Å². The maximum atomic E-state index is 5.97. The summed E-state index contributed by atoms with van der Waals surface area (Å²) in [6.07, 6.45) is 1.77. The van der Waals surface area contributed by atoms with Crippen LogP contribution in [-0.4, -0.2) is 22.0 Å². The molecule has 1 aromatic carbocycles.